The van der Waals surface area contributed by atoms with Crippen LogP contribution < -0.4 is 0 Å². The Morgan fingerprint density at radius 2 is 1.95 bits per heavy atom. The maximum Gasteiger partial charge on any atom is 0.270 e. The SMILES string of the molecule is Cc1cccc2nc(-c3cccc([N+](=O)[O-])c3)cn12.I. The number of nitro benzene ring substituents is 1. The van der Waals surface area contributed by atoms with Crippen LogP contribution in [0, 0.1) is 17.0 Å². The van der Waals surface area contributed by atoms with Crippen molar-refractivity contribution in [3.05, 3.63) is 64.5 Å². The van der Waals surface area contributed by atoms with Gasteiger partial charge in [0.2, 0.25) is 0 Å². The normalized spacial score (nSPS) is 10.2. The number of imidazole rings is 1. The first kappa shape index (κ1) is 14.4. The van der Waals surface area contributed by atoms with Gasteiger partial charge in [-0.25, -0.2) is 4.98 Å². The number of pyridine rings is 1. The number of aromatic nitrogens is 2. The predicted molar refractivity (Wildman–Crippen MR) is 87.4 cm³/mol. The minimum absolute atomic E-state index is 0. The Balaban J connectivity index is 0.00000147. The van der Waals surface area contributed by atoms with Gasteiger partial charge in [0.05, 0.1) is 10.6 Å². The monoisotopic (exact) mass is 381 g/mol. The molecule has 0 saturated heterocycles. The van der Waals surface area contributed by atoms with Crippen molar-refractivity contribution >= 4 is 35.3 Å². The van der Waals surface area contributed by atoms with E-state index in [1.165, 1.54) is 12.1 Å². The summed E-state index contributed by atoms with van der Waals surface area (Å²) >= 11 is 0. The lowest BCUT2D eigenvalue weighted by Crippen LogP contribution is -1.88. The first-order chi connectivity index (χ1) is 9.15. The molecule has 0 amide bonds. The highest BCUT2D eigenvalue weighted by molar-refractivity contribution is 14.0. The molecule has 3 rings (SSSR count). The molecule has 6 heteroatoms. The number of hydrogen-bond acceptors (Lipinski definition) is 3. The number of hydrogen-bond donors (Lipinski definition) is 0. The van der Waals surface area contributed by atoms with Crippen molar-refractivity contribution in [1.82, 2.24) is 9.38 Å². The number of halogens is 1. The van der Waals surface area contributed by atoms with Gasteiger partial charge in [-0.15, -0.1) is 24.0 Å². The molecule has 0 radical (unpaired) electrons. The molecule has 0 saturated carbocycles. The van der Waals surface area contributed by atoms with E-state index in [-0.39, 0.29) is 29.7 Å². The van der Waals surface area contributed by atoms with Gasteiger partial charge in [0, 0.05) is 29.6 Å². The van der Waals surface area contributed by atoms with Crippen molar-refractivity contribution in [2.24, 2.45) is 0 Å². The summed E-state index contributed by atoms with van der Waals surface area (Å²) in [4.78, 5) is 14.9. The van der Waals surface area contributed by atoms with Gasteiger partial charge in [-0.2, -0.15) is 0 Å². The lowest BCUT2D eigenvalue weighted by Gasteiger charge is -1.96. The Morgan fingerprint density at radius 3 is 2.65 bits per heavy atom. The zero-order chi connectivity index (χ0) is 13.4. The summed E-state index contributed by atoms with van der Waals surface area (Å²) < 4.78 is 1.97. The molecule has 0 spiro atoms. The second-order valence-electron chi connectivity index (χ2n) is 4.33. The van der Waals surface area contributed by atoms with Crippen LogP contribution in [-0.2, 0) is 0 Å². The third-order valence-electron chi connectivity index (χ3n) is 3.05. The van der Waals surface area contributed by atoms with Crippen molar-refractivity contribution in [2.75, 3.05) is 0 Å². The molecule has 0 bridgehead atoms. The number of rotatable bonds is 2. The summed E-state index contributed by atoms with van der Waals surface area (Å²) in [5.41, 5.74) is 3.46. The molecule has 20 heavy (non-hydrogen) atoms. The van der Waals surface area contributed by atoms with Gasteiger partial charge in [0.25, 0.3) is 5.69 Å². The fourth-order valence-electron chi connectivity index (χ4n) is 2.07. The molecule has 0 atom stereocenters. The Morgan fingerprint density at radius 1 is 1.20 bits per heavy atom. The summed E-state index contributed by atoms with van der Waals surface area (Å²) in [6.45, 7) is 1.99. The van der Waals surface area contributed by atoms with Gasteiger partial charge in [-0.3, -0.25) is 10.1 Å². The maximum absolute atomic E-state index is 10.8. The molecular weight excluding hydrogens is 369 g/mol. The Labute approximate surface area is 132 Å². The topological polar surface area (TPSA) is 60.4 Å². The highest BCUT2D eigenvalue weighted by Crippen LogP contribution is 2.23. The molecule has 1 aromatic carbocycles. The van der Waals surface area contributed by atoms with E-state index < -0.39 is 4.92 Å². The van der Waals surface area contributed by atoms with Gasteiger partial charge in [0.15, 0.2) is 0 Å². The minimum atomic E-state index is -0.398. The molecule has 102 valence electrons. The van der Waals surface area contributed by atoms with E-state index in [1.54, 1.807) is 6.07 Å². The van der Waals surface area contributed by atoms with E-state index in [0.717, 1.165) is 22.6 Å². The van der Waals surface area contributed by atoms with Gasteiger partial charge in [-0.1, -0.05) is 18.2 Å². The van der Waals surface area contributed by atoms with Crippen LogP contribution in [0.15, 0.2) is 48.7 Å². The third-order valence-corrected chi connectivity index (χ3v) is 3.05. The predicted octanol–water partition coefficient (Wildman–Crippen LogP) is 3.84. The molecule has 2 aromatic heterocycles. The van der Waals surface area contributed by atoms with Gasteiger partial charge in [-0.05, 0) is 19.1 Å². The van der Waals surface area contributed by atoms with E-state index in [2.05, 4.69) is 4.98 Å². The van der Waals surface area contributed by atoms with Crippen LogP contribution in [0.5, 0.6) is 0 Å². The van der Waals surface area contributed by atoms with E-state index in [0.29, 0.717) is 0 Å². The van der Waals surface area contributed by atoms with Crippen molar-refractivity contribution in [1.29, 1.82) is 0 Å². The molecule has 0 N–H and O–H groups in total. The molecule has 3 aromatic rings. The van der Waals surface area contributed by atoms with Crippen LogP contribution >= 0.6 is 24.0 Å². The molecule has 0 unspecified atom stereocenters. The first-order valence-electron chi connectivity index (χ1n) is 5.85. The highest BCUT2D eigenvalue weighted by atomic mass is 127. The van der Waals surface area contributed by atoms with Crippen molar-refractivity contribution in [2.45, 2.75) is 6.92 Å². The quantitative estimate of drug-likeness (QED) is 0.385. The van der Waals surface area contributed by atoms with Gasteiger partial charge >= 0.3 is 0 Å². The summed E-state index contributed by atoms with van der Waals surface area (Å²) in [6, 6.07) is 12.4. The van der Waals surface area contributed by atoms with Crippen LogP contribution in [0.3, 0.4) is 0 Å². The lowest BCUT2D eigenvalue weighted by molar-refractivity contribution is -0.384. The fraction of sp³-hybridized carbons (Fsp3) is 0.0714. The number of aryl methyl sites for hydroxylation is 1. The lowest BCUT2D eigenvalue weighted by atomic mass is 10.1. The number of nitrogens with zero attached hydrogens (tertiary/aromatic N) is 3. The smallest absolute Gasteiger partial charge is 0.270 e. The molecular formula is C14H12IN3O2. The van der Waals surface area contributed by atoms with Gasteiger partial charge in [0.1, 0.15) is 5.65 Å². The molecule has 0 aliphatic rings. The number of nitro groups is 1. The second-order valence-corrected chi connectivity index (χ2v) is 4.33. The van der Waals surface area contributed by atoms with Crippen molar-refractivity contribution < 1.29 is 4.92 Å². The van der Waals surface area contributed by atoms with E-state index in [4.69, 9.17) is 0 Å². The second kappa shape index (κ2) is 5.58. The van der Waals surface area contributed by atoms with Crippen molar-refractivity contribution in [3.63, 3.8) is 0 Å². The minimum Gasteiger partial charge on any atom is -0.304 e. The molecule has 0 aliphatic carbocycles. The summed E-state index contributed by atoms with van der Waals surface area (Å²) in [6.07, 6.45) is 1.89. The molecule has 5 nitrogen and oxygen atoms in total. The first-order valence-corrected chi connectivity index (χ1v) is 5.85. The fourth-order valence-corrected chi connectivity index (χ4v) is 2.07. The van der Waals surface area contributed by atoms with E-state index >= 15 is 0 Å². The third kappa shape index (κ3) is 2.51. The van der Waals surface area contributed by atoms with E-state index in [9.17, 15) is 10.1 Å². The zero-order valence-corrected chi connectivity index (χ0v) is 13.0. The number of benzene rings is 1. The van der Waals surface area contributed by atoms with Crippen LogP contribution in [0.25, 0.3) is 16.9 Å². The number of non-ortho nitro benzene ring substituents is 1. The van der Waals surface area contributed by atoms with Crippen LogP contribution in [0.4, 0.5) is 5.69 Å². The number of fused-ring (bicyclic) bond motifs is 1. The largest absolute Gasteiger partial charge is 0.304 e. The van der Waals surface area contributed by atoms with Crippen LogP contribution in [-0.4, -0.2) is 14.3 Å². The van der Waals surface area contributed by atoms with Crippen molar-refractivity contribution in [3.8, 4) is 11.3 Å². The van der Waals surface area contributed by atoms with Gasteiger partial charge < -0.3 is 4.40 Å². The zero-order valence-electron chi connectivity index (χ0n) is 10.7. The molecule has 2 heterocycles. The molecule has 0 fully saturated rings. The Kier molecular flexibility index (Phi) is 4.03. The van der Waals surface area contributed by atoms with Crippen LogP contribution in [0.2, 0.25) is 0 Å². The maximum atomic E-state index is 10.8. The highest BCUT2D eigenvalue weighted by Gasteiger charge is 2.10. The Bertz CT molecular complexity index is 783. The van der Waals surface area contributed by atoms with E-state index in [1.807, 2.05) is 41.8 Å². The average molecular weight is 381 g/mol. The summed E-state index contributed by atoms with van der Waals surface area (Å²) in [5.74, 6) is 0. The summed E-state index contributed by atoms with van der Waals surface area (Å²) in [5, 5.41) is 10.8. The average Bonchev–Trinajstić information content (AvgIpc) is 2.84. The standard InChI is InChI=1S/C14H11N3O2.HI/c1-10-4-2-7-14-15-13(9-16(10)14)11-5-3-6-12(8-11)17(18)19;/h2-9H,1H3;1H. The van der Waals surface area contributed by atoms with Crippen LogP contribution in [0.1, 0.15) is 5.69 Å². The summed E-state index contributed by atoms with van der Waals surface area (Å²) in [7, 11) is 0. The Hall–Kier alpha value is -1.96. The molecule has 0 aliphatic heterocycles.